The Labute approximate surface area is 557 Å². The first-order valence-corrected chi connectivity index (χ1v) is 33.0. The van der Waals surface area contributed by atoms with Crippen LogP contribution in [0.25, 0.3) is 176 Å². The molecule has 452 valence electrons. The molecule has 0 heteroatoms. The summed E-state index contributed by atoms with van der Waals surface area (Å²) in [5, 5.41) is 22.8. The predicted molar refractivity (Wildman–Crippen MR) is 420 cm³/mol. The number of rotatable bonds is 9. The van der Waals surface area contributed by atoms with Gasteiger partial charge in [0.05, 0.1) is 0 Å². The second-order valence-electron chi connectivity index (χ2n) is 23.9. The maximum atomic E-state index is 4.07. The first-order valence-electron chi connectivity index (χ1n) is 33.0. The lowest BCUT2D eigenvalue weighted by Crippen LogP contribution is -1.90. The van der Waals surface area contributed by atoms with Gasteiger partial charge in [-0.05, 0) is 230 Å². The van der Waals surface area contributed by atoms with Gasteiger partial charge in [0, 0.05) is 0 Å². The van der Waals surface area contributed by atoms with E-state index in [-0.39, 0.29) is 0 Å². The standard InChI is InChI=1S/C48H30.C40H28.C5H8.C2H6/c1-3-13-39-36(10-1)29-47(45-17-7-5-15-42(39)45)38-23-22-32-26-31(20-21-33(32)28-38)34-24-25-41-35(27-34)12-9-19-44(41)48-30-37-11-2-4-14-40(37)43-16-6-8-18-46(43)48;1-3-27-26-40(39-15-9-8-14-36(39)33(27)4-2)32-23-21-29-24-31(22-20-30(29)25-32)35-17-11-18-37-34(16-10-19-38(35)37)28-12-6-5-7-13-28;1-3-5-4-2;1-2/h1-30H;3-26H,1-2H2;3-5H,1H2,2H3;1-2H3/b;;5-4-;. The van der Waals surface area contributed by atoms with Gasteiger partial charge in [0.25, 0.3) is 0 Å². The lowest BCUT2D eigenvalue weighted by molar-refractivity contribution is 1.50. The smallest absolute Gasteiger partial charge is 0.00928 e. The van der Waals surface area contributed by atoms with Gasteiger partial charge in [-0.1, -0.05) is 331 Å². The highest BCUT2D eigenvalue weighted by Gasteiger charge is 2.16. The van der Waals surface area contributed by atoms with Crippen LogP contribution in [0.3, 0.4) is 0 Å². The first-order chi connectivity index (χ1) is 46.9. The highest BCUT2D eigenvalue weighted by atomic mass is 14.2. The Kier molecular flexibility index (Phi) is 17.3. The minimum atomic E-state index is 1.10. The fraction of sp³-hybridized carbons (Fsp3) is 0.0316. The molecule has 0 nitrogen and oxygen atoms in total. The van der Waals surface area contributed by atoms with Gasteiger partial charge in [-0.2, -0.15) is 0 Å². The first kappa shape index (κ1) is 60.6. The van der Waals surface area contributed by atoms with E-state index < -0.39 is 0 Å². The molecule has 95 heavy (non-hydrogen) atoms. The van der Waals surface area contributed by atoms with Crippen molar-refractivity contribution < 1.29 is 0 Å². The second kappa shape index (κ2) is 27.1. The van der Waals surface area contributed by atoms with Crippen LogP contribution < -0.4 is 0 Å². The molecule has 0 aliphatic carbocycles. The van der Waals surface area contributed by atoms with Crippen LogP contribution in [0.2, 0.25) is 0 Å². The van der Waals surface area contributed by atoms with Crippen LogP contribution in [-0.2, 0) is 0 Å². The van der Waals surface area contributed by atoms with E-state index >= 15 is 0 Å². The summed E-state index contributed by atoms with van der Waals surface area (Å²) in [6.07, 6.45) is 9.43. The van der Waals surface area contributed by atoms with E-state index in [9.17, 15) is 0 Å². The van der Waals surface area contributed by atoms with Crippen molar-refractivity contribution in [3.8, 4) is 66.8 Å². The molecule has 0 saturated heterocycles. The Balaban J connectivity index is 0.000000152. The zero-order valence-electron chi connectivity index (χ0n) is 54.0. The van der Waals surface area contributed by atoms with E-state index in [4.69, 9.17) is 0 Å². The van der Waals surface area contributed by atoms with E-state index in [1.54, 1.807) is 6.08 Å². The van der Waals surface area contributed by atoms with Gasteiger partial charge in [0.1, 0.15) is 0 Å². The van der Waals surface area contributed by atoms with Crippen molar-refractivity contribution in [3.05, 3.63) is 365 Å². The van der Waals surface area contributed by atoms with Crippen LogP contribution in [0.15, 0.2) is 353 Å². The normalized spacial score (nSPS) is 11.2. The molecule has 0 radical (unpaired) electrons. The highest BCUT2D eigenvalue weighted by Crippen LogP contribution is 2.43. The fourth-order valence-electron chi connectivity index (χ4n) is 14.1. The molecule has 17 aromatic carbocycles. The van der Waals surface area contributed by atoms with Gasteiger partial charge in [0.2, 0.25) is 0 Å². The third-order valence-electron chi connectivity index (χ3n) is 18.5. The van der Waals surface area contributed by atoms with Gasteiger partial charge >= 0.3 is 0 Å². The summed E-state index contributed by atoms with van der Waals surface area (Å²) in [7, 11) is 0. The Morgan fingerprint density at radius 1 is 0.221 bits per heavy atom. The number of benzene rings is 17. The monoisotopic (exact) mass is 1210 g/mol. The molecule has 0 aromatic heterocycles. The van der Waals surface area contributed by atoms with E-state index in [1.807, 2.05) is 45.1 Å². The Morgan fingerprint density at radius 3 is 1.11 bits per heavy atom. The maximum Gasteiger partial charge on any atom is -0.00928 e. The topological polar surface area (TPSA) is 0 Å². The third kappa shape index (κ3) is 11.7. The van der Waals surface area contributed by atoms with E-state index in [0.717, 1.165) is 11.1 Å². The van der Waals surface area contributed by atoms with Gasteiger partial charge in [-0.15, -0.1) is 0 Å². The summed E-state index contributed by atoms with van der Waals surface area (Å²) < 4.78 is 0. The molecule has 0 amide bonds. The molecule has 0 spiro atoms. The average molecular weight is 1210 g/mol. The molecule has 0 heterocycles. The fourth-order valence-corrected chi connectivity index (χ4v) is 14.1. The SMILES string of the molecule is C=C/C=C\C.C=Cc1cc(-c2ccc3cc(-c4cccc5c(-c6ccccc6)cccc45)ccc3c2)c2ccccc2c1C=C.CC.c1cc(-c2cc3ccccc3c3ccccc23)c2ccc(-c3ccc4cc(-c5cc6ccccc6c6ccccc56)ccc4c3)cc2c1. The Morgan fingerprint density at radius 2 is 0.579 bits per heavy atom. The summed E-state index contributed by atoms with van der Waals surface area (Å²) in [6, 6.07) is 115. The maximum absolute atomic E-state index is 4.07. The molecular weight excluding hydrogens is 1140 g/mol. The molecule has 0 unspecified atom stereocenters. The summed E-state index contributed by atoms with van der Waals surface area (Å²) >= 11 is 0. The van der Waals surface area contributed by atoms with Crippen LogP contribution in [0, 0.1) is 0 Å². The molecule has 0 aliphatic rings. The Bertz CT molecular complexity index is 5820. The molecule has 0 fully saturated rings. The molecule has 0 atom stereocenters. The lowest BCUT2D eigenvalue weighted by atomic mass is 9.89. The van der Waals surface area contributed by atoms with Crippen molar-refractivity contribution in [2.24, 2.45) is 0 Å². The summed E-state index contributed by atoms with van der Waals surface area (Å²) in [5.74, 6) is 0. The molecule has 0 N–H and O–H groups in total. The number of fused-ring (bicyclic) bond motifs is 11. The van der Waals surface area contributed by atoms with Crippen molar-refractivity contribution in [1.29, 1.82) is 0 Å². The van der Waals surface area contributed by atoms with Crippen molar-refractivity contribution in [2.75, 3.05) is 0 Å². The minimum absolute atomic E-state index is 1.10. The number of hydrogen-bond acceptors (Lipinski definition) is 0. The largest absolute Gasteiger partial charge is 0.0991 e. The van der Waals surface area contributed by atoms with Gasteiger partial charge in [-0.25, -0.2) is 0 Å². The minimum Gasteiger partial charge on any atom is -0.0991 e. The third-order valence-corrected chi connectivity index (χ3v) is 18.5. The van der Waals surface area contributed by atoms with E-state index in [1.165, 1.54) is 164 Å². The Hall–Kier alpha value is -12.0. The van der Waals surface area contributed by atoms with Crippen LogP contribution in [0.5, 0.6) is 0 Å². The predicted octanol–water partition coefficient (Wildman–Crippen LogP) is 27.8. The van der Waals surface area contributed by atoms with Crippen LogP contribution in [0.4, 0.5) is 0 Å². The quantitative estimate of drug-likeness (QED) is 0.0998. The second-order valence-corrected chi connectivity index (χ2v) is 23.9. The van der Waals surface area contributed by atoms with Crippen molar-refractivity contribution in [2.45, 2.75) is 20.8 Å². The van der Waals surface area contributed by atoms with Crippen molar-refractivity contribution in [3.63, 3.8) is 0 Å². The van der Waals surface area contributed by atoms with Crippen molar-refractivity contribution >= 4 is 109 Å². The van der Waals surface area contributed by atoms with Gasteiger partial charge in [-0.3, -0.25) is 0 Å². The molecule has 0 saturated carbocycles. The van der Waals surface area contributed by atoms with Crippen molar-refractivity contribution in [1.82, 2.24) is 0 Å². The lowest BCUT2D eigenvalue weighted by Gasteiger charge is -2.14. The molecule has 0 bridgehead atoms. The number of hydrogen-bond donors (Lipinski definition) is 0. The summed E-state index contributed by atoms with van der Waals surface area (Å²) in [5.41, 5.74) is 17.2. The van der Waals surface area contributed by atoms with Crippen LogP contribution in [-0.4, -0.2) is 0 Å². The molecule has 0 aliphatic heterocycles. The van der Waals surface area contributed by atoms with Gasteiger partial charge in [0.15, 0.2) is 0 Å². The van der Waals surface area contributed by atoms with E-state index in [2.05, 4.69) is 335 Å². The van der Waals surface area contributed by atoms with Crippen LogP contribution >= 0.6 is 0 Å². The zero-order chi connectivity index (χ0) is 64.8. The molecule has 17 aromatic rings. The zero-order valence-corrected chi connectivity index (χ0v) is 54.0. The van der Waals surface area contributed by atoms with E-state index in [0.29, 0.717) is 0 Å². The summed E-state index contributed by atoms with van der Waals surface area (Å²) in [4.78, 5) is 0. The number of allylic oxidation sites excluding steroid dienone is 3. The van der Waals surface area contributed by atoms with Gasteiger partial charge < -0.3 is 0 Å². The molecule has 17 rings (SSSR count). The highest BCUT2D eigenvalue weighted by molar-refractivity contribution is 6.17. The van der Waals surface area contributed by atoms with Crippen LogP contribution in [0.1, 0.15) is 31.9 Å². The molecular formula is C95H72. The average Bonchev–Trinajstić information content (AvgIpc) is 0.777. The summed E-state index contributed by atoms with van der Waals surface area (Å²) in [6.45, 7) is 17.5.